The fraction of sp³-hybridized carbons (Fsp3) is 0.385. The lowest BCUT2D eigenvalue weighted by Crippen LogP contribution is -2.21. The number of nitro groups is 2. The minimum Gasteiger partial charge on any atom is -0.392 e. The van der Waals surface area contributed by atoms with Crippen molar-refractivity contribution in [3.63, 3.8) is 0 Å². The van der Waals surface area contributed by atoms with Crippen molar-refractivity contribution in [3.05, 3.63) is 49.1 Å². The van der Waals surface area contributed by atoms with Crippen LogP contribution in [0, 0.1) is 34.1 Å². The second-order valence-corrected chi connectivity index (χ2v) is 5.14. The molecule has 1 N–H and O–H groups in total. The lowest BCUT2D eigenvalue weighted by molar-refractivity contribution is -0.393. The summed E-state index contributed by atoms with van der Waals surface area (Å²) in [5.41, 5.74) is -0.794. The van der Waals surface area contributed by atoms with Gasteiger partial charge in [-0.15, -0.1) is 0 Å². The Hall–Kier alpha value is -3.08. The number of aromatic nitrogens is 2. The Morgan fingerprint density at radius 2 is 1.96 bits per heavy atom. The summed E-state index contributed by atoms with van der Waals surface area (Å²) in [6, 6.07) is 1.13. The van der Waals surface area contributed by atoms with Crippen LogP contribution < -0.4 is 4.90 Å². The molecule has 0 spiro atoms. The maximum absolute atomic E-state index is 11.5. The van der Waals surface area contributed by atoms with Crippen LogP contribution in [-0.2, 0) is 13.2 Å². The molecule has 11 nitrogen and oxygen atoms in total. The van der Waals surface area contributed by atoms with Crippen molar-refractivity contribution >= 4 is 17.1 Å². The first-order chi connectivity index (χ1) is 11.3. The highest BCUT2D eigenvalue weighted by Gasteiger charge is 2.33. The van der Waals surface area contributed by atoms with Crippen molar-refractivity contribution in [2.45, 2.75) is 27.0 Å². The Kier molecular flexibility index (Phi) is 4.74. The zero-order valence-corrected chi connectivity index (χ0v) is 13.2. The number of aryl methyl sites for hydroxylation is 1. The van der Waals surface area contributed by atoms with E-state index in [9.17, 15) is 25.3 Å². The predicted molar refractivity (Wildman–Crippen MR) is 81.6 cm³/mol. The van der Waals surface area contributed by atoms with Gasteiger partial charge in [-0.05, 0) is 12.5 Å². The van der Waals surface area contributed by atoms with Crippen molar-refractivity contribution in [2.24, 2.45) is 0 Å². The summed E-state index contributed by atoms with van der Waals surface area (Å²) in [4.78, 5) is 26.7. The molecule has 0 atom stereocenters. The first-order valence-corrected chi connectivity index (χ1v) is 6.82. The first-order valence-electron chi connectivity index (χ1n) is 6.82. The van der Waals surface area contributed by atoms with Crippen molar-refractivity contribution < 1.29 is 19.5 Å². The van der Waals surface area contributed by atoms with Crippen LogP contribution in [0.2, 0.25) is 0 Å². The quantitative estimate of drug-likeness (QED) is 0.613. The van der Waals surface area contributed by atoms with E-state index >= 15 is 0 Å². The average molecular weight is 337 g/mol. The van der Waals surface area contributed by atoms with Gasteiger partial charge in [-0.2, -0.15) is 4.98 Å². The Morgan fingerprint density at radius 3 is 2.42 bits per heavy atom. The summed E-state index contributed by atoms with van der Waals surface area (Å²) in [5, 5.41) is 35.8. The molecular formula is C13H15N5O6. The number of hydrogen-bond donors (Lipinski definition) is 1. The van der Waals surface area contributed by atoms with E-state index < -0.39 is 27.8 Å². The number of rotatable bonds is 6. The van der Waals surface area contributed by atoms with Crippen molar-refractivity contribution in [1.29, 1.82) is 0 Å². The number of aliphatic hydroxyl groups excluding tert-OH is 1. The molecule has 0 unspecified atom stereocenters. The fourth-order valence-electron chi connectivity index (χ4n) is 2.39. The molecule has 0 aliphatic rings. The summed E-state index contributed by atoms with van der Waals surface area (Å²) >= 11 is 0. The smallest absolute Gasteiger partial charge is 0.302 e. The molecule has 11 heteroatoms. The molecule has 0 radical (unpaired) electrons. The molecule has 0 saturated heterocycles. The topological polar surface area (TPSA) is 149 Å². The highest BCUT2D eigenvalue weighted by atomic mass is 16.6. The Balaban J connectivity index is 2.62. The molecule has 2 rings (SSSR count). The van der Waals surface area contributed by atoms with Crippen LogP contribution in [0.25, 0.3) is 0 Å². The summed E-state index contributed by atoms with van der Waals surface area (Å²) in [6.07, 6.45) is 0. The number of nitro benzene ring substituents is 2. The van der Waals surface area contributed by atoms with Gasteiger partial charge < -0.3 is 14.5 Å². The van der Waals surface area contributed by atoms with Gasteiger partial charge in [0.15, 0.2) is 11.5 Å². The third kappa shape index (κ3) is 3.15. The lowest BCUT2D eigenvalue weighted by Gasteiger charge is -2.19. The van der Waals surface area contributed by atoms with Crippen LogP contribution in [0.5, 0.6) is 0 Å². The van der Waals surface area contributed by atoms with Crippen LogP contribution in [0.1, 0.15) is 22.8 Å². The molecule has 0 saturated carbocycles. The van der Waals surface area contributed by atoms with Crippen molar-refractivity contribution in [1.82, 2.24) is 10.1 Å². The second kappa shape index (κ2) is 6.58. The monoisotopic (exact) mass is 337 g/mol. The van der Waals surface area contributed by atoms with Crippen LogP contribution in [-0.4, -0.2) is 32.1 Å². The molecule has 0 aliphatic carbocycles. The number of hydrogen-bond acceptors (Lipinski definition) is 9. The summed E-state index contributed by atoms with van der Waals surface area (Å²) in [5.74, 6) is 0.552. The number of nitrogens with zero attached hydrogens (tertiary/aromatic N) is 5. The molecule has 128 valence electrons. The van der Waals surface area contributed by atoms with Gasteiger partial charge in [-0.3, -0.25) is 20.2 Å². The number of benzene rings is 1. The molecule has 1 aromatic carbocycles. The Morgan fingerprint density at radius 1 is 1.29 bits per heavy atom. The standard InChI is InChI=1S/C13H15N5O6/c1-7-9(6-19)4-10(17(20)21)13(12(7)18(22)23)16(3)5-11-14-8(2)24-15-11/h4,19H,5-6H2,1-3H3. The van der Waals surface area contributed by atoms with E-state index in [1.165, 1.54) is 18.9 Å². The Labute approximate surface area is 135 Å². The highest BCUT2D eigenvalue weighted by molar-refractivity contribution is 5.78. The van der Waals surface area contributed by atoms with Crippen molar-refractivity contribution in [3.8, 4) is 0 Å². The lowest BCUT2D eigenvalue weighted by atomic mass is 10.0. The van der Waals surface area contributed by atoms with E-state index in [1.54, 1.807) is 6.92 Å². The minimum atomic E-state index is -0.723. The van der Waals surface area contributed by atoms with E-state index in [4.69, 9.17) is 4.52 Å². The van der Waals surface area contributed by atoms with E-state index in [0.717, 1.165) is 6.07 Å². The van der Waals surface area contributed by atoms with Gasteiger partial charge >= 0.3 is 5.69 Å². The first kappa shape index (κ1) is 17.3. The van der Waals surface area contributed by atoms with Gasteiger partial charge in [0.05, 0.1) is 23.0 Å². The van der Waals surface area contributed by atoms with Gasteiger partial charge in [0.1, 0.15) is 0 Å². The van der Waals surface area contributed by atoms with Gasteiger partial charge in [0.2, 0.25) is 5.89 Å². The SMILES string of the molecule is Cc1nc(CN(C)c2c([N+](=O)[O-])cc(CO)c(C)c2[N+](=O)[O-])no1. The second-order valence-electron chi connectivity index (χ2n) is 5.14. The zero-order valence-electron chi connectivity index (χ0n) is 13.2. The van der Waals surface area contributed by atoms with Crippen LogP contribution in [0.3, 0.4) is 0 Å². The molecule has 0 aliphatic heterocycles. The number of aliphatic hydroxyl groups is 1. The fourth-order valence-corrected chi connectivity index (χ4v) is 2.39. The van der Waals surface area contributed by atoms with Crippen LogP contribution >= 0.6 is 0 Å². The van der Waals surface area contributed by atoms with Gasteiger partial charge in [0, 0.05) is 25.6 Å². The van der Waals surface area contributed by atoms with E-state index in [-0.39, 0.29) is 29.2 Å². The van der Waals surface area contributed by atoms with Gasteiger partial charge in [0.25, 0.3) is 5.69 Å². The maximum Gasteiger partial charge on any atom is 0.302 e. The molecule has 0 amide bonds. The zero-order chi connectivity index (χ0) is 18.0. The molecule has 1 aromatic heterocycles. The average Bonchev–Trinajstić information content (AvgIpc) is 2.90. The van der Waals surface area contributed by atoms with E-state index in [1.807, 2.05) is 0 Å². The van der Waals surface area contributed by atoms with Crippen LogP contribution in [0.15, 0.2) is 10.6 Å². The third-order valence-electron chi connectivity index (χ3n) is 3.49. The highest BCUT2D eigenvalue weighted by Crippen LogP contribution is 2.41. The molecule has 0 fully saturated rings. The Bertz CT molecular complexity index is 802. The normalized spacial score (nSPS) is 10.7. The summed E-state index contributed by atoms with van der Waals surface area (Å²) in [6.45, 7) is 2.46. The largest absolute Gasteiger partial charge is 0.392 e. The molecule has 2 aromatic rings. The van der Waals surface area contributed by atoms with Crippen molar-refractivity contribution in [2.75, 3.05) is 11.9 Å². The van der Waals surface area contributed by atoms with Gasteiger partial charge in [-0.25, -0.2) is 0 Å². The molecular weight excluding hydrogens is 322 g/mol. The molecule has 1 heterocycles. The molecule has 0 bridgehead atoms. The maximum atomic E-state index is 11.5. The summed E-state index contributed by atoms with van der Waals surface area (Å²) in [7, 11) is 1.46. The number of anilines is 1. The van der Waals surface area contributed by atoms with E-state index in [2.05, 4.69) is 10.1 Å². The predicted octanol–water partition coefficient (Wildman–Crippen LogP) is 1.63. The van der Waals surface area contributed by atoms with Gasteiger partial charge in [-0.1, -0.05) is 5.16 Å². The molecule has 24 heavy (non-hydrogen) atoms. The third-order valence-corrected chi connectivity index (χ3v) is 3.49. The minimum absolute atomic E-state index is 0.0169. The van der Waals surface area contributed by atoms with Crippen LogP contribution in [0.4, 0.5) is 17.1 Å². The summed E-state index contributed by atoms with van der Waals surface area (Å²) < 4.78 is 4.83. The van der Waals surface area contributed by atoms with E-state index in [0.29, 0.717) is 5.89 Å².